The van der Waals surface area contributed by atoms with E-state index in [0.29, 0.717) is 12.1 Å². The highest BCUT2D eigenvalue weighted by molar-refractivity contribution is 5.93. The Labute approximate surface area is 106 Å². The van der Waals surface area contributed by atoms with E-state index in [4.69, 9.17) is 5.11 Å². The summed E-state index contributed by atoms with van der Waals surface area (Å²) in [5.41, 5.74) is 0.156. The first kappa shape index (κ1) is 14.2. The third-order valence-electron chi connectivity index (χ3n) is 3.16. The number of rotatable bonds is 5. The molecule has 0 fully saturated rings. The Bertz CT molecular complexity index is 459. The van der Waals surface area contributed by atoms with Gasteiger partial charge in [-0.15, -0.1) is 0 Å². The van der Waals surface area contributed by atoms with Gasteiger partial charge >= 0.3 is 5.97 Å². The van der Waals surface area contributed by atoms with Gasteiger partial charge in [-0.2, -0.15) is 0 Å². The van der Waals surface area contributed by atoms with Crippen LogP contribution in [0.1, 0.15) is 36.3 Å². The molecule has 5 heteroatoms. The number of carboxylic acids is 1. The summed E-state index contributed by atoms with van der Waals surface area (Å²) in [5.74, 6) is -1.25. The molecule has 0 aromatic carbocycles. The lowest BCUT2D eigenvalue weighted by molar-refractivity contribution is -0.147. The molecular weight excluding hydrogens is 232 g/mol. The fraction of sp³-hybridized carbons (Fsp3) is 0.462. The molecule has 98 valence electrons. The normalized spacial score (nSPS) is 13.7. The van der Waals surface area contributed by atoms with Gasteiger partial charge < -0.3 is 10.4 Å². The third-order valence-corrected chi connectivity index (χ3v) is 3.16. The molecule has 0 aliphatic heterocycles. The zero-order valence-corrected chi connectivity index (χ0v) is 10.9. The second kappa shape index (κ2) is 5.62. The molecule has 1 unspecified atom stereocenters. The summed E-state index contributed by atoms with van der Waals surface area (Å²) >= 11 is 0. The van der Waals surface area contributed by atoms with Crippen LogP contribution >= 0.6 is 0 Å². The number of amides is 1. The molecule has 0 aliphatic carbocycles. The summed E-state index contributed by atoms with van der Waals surface area (Å²) in [6.45, 7) is 5.28. The van der Waals surface area contributed by atoms with Crippen molar-refractivity contribution in [3.63, 3.8) is 0 Å². The molecule has 1 atom stereocenters. The van der Waals surface area contributed by atoms with Gasteiger partial charge in [0, 0.05) is 12.7 Å². The van der Waals surface area contributed by atoms with Crippen LogP contribution in [0.2, 0.25) is 0 Å². The molecule has 0 bridgehead atoms. The van der Waals surface area contributed by atoms with Crippen molar-refractivity contribution in [1.82, 2.24) is 10.3 Å². The Morgan fingerprint density at radius 1 is 1.50 bits per heavy atom. The summed E-state index contributed by atoms with van der Waals surface area (Å²) in [6, 6.07) is 3.54. The molecule has 2 N–H and O–H groups in total. The highest BCUT2D eigenvalue weighted by Gasteiger charge is 2.31. The lowest BCUT2D eigenvalue weighted by Crippen LogP contribution is -2.41. The molecule has 1 heterocycles. The summed E-state index contributed by atoms with van der Waals surface area (Å²) in [6.07, 6.45) is 1.99. The number of carbonyl (C=O) groups excluding carboxylic acids is 1. The maximum absolute atomic E-state index is 11.9. The topological polar surface area (TPSA) is 79.3 Å². The average molecular weight is 250 g/mol. The Kier molecular flexibility index (Phi) is 4.42. The SMILES string of the molecule is CCC(C)(CNC(=O)c1ncccc1C)C(=O)O. The number of carbonyl (C=O) groups is 2. The zero-order valence-electron chi connectivity index (χ0n) is 10.9. The van der Waals surface area contributed by atoms with Crippen LogP contribution in [-0.2, 0) is 4.79 Å². The Balaban J connectivity index is 2.73. The third kappa shape index (κ3) is 3.06. The van der Waals surface area contributed by atoms with Gasteiger partial charge in [0.15, 0.2) is 0 Å². The molecule has 0 aliphatic rings. The number of carboxylic acid groups (broad SMARTS) is 1. The second-order valence-corrected chi connectivity index (χ2v) is 4.57. The number of aliphatic carboxylic acids is 1. The molecule has 1 aromatic rings. The highest BCUT2D eigenvalue weighted by atomic mass is 16.4. The first-order chi connectivity index (χ1) is 8.40. The van der Waals surface area contributed by atoms with Gasteiger partial charge in [-0.1, -0.05) is 13.0 Å². The lowest BCUT2D eigenvalue weighted by atomic mass is 9.87. The minimum atomic E-state index is -0.946. The van der Waals surface area contributed by atoms with E-state index in [2.05, 4.69) is 10.3 Å². The van der Waals surface area contributed by atoms with Crippen molar-refractivity contribution in [2.24, 2.45) is 5.41 Å². The van der Waals surface area contributed by atoms with E-state index in [9.17, 15) is 9.59 Å². The number of aromatic nitrogens is 1. The molecule has 0 saturated heterocycles. The van der Waals surface area contributed by atoms with E-state index in [1.165, 1.54) is 6.20 Å². The fourth-order valence-electron chi connectivity index (χ4n) is 1.43. The standard InChI is InChI=1S/C13H18N2O3/c1-4-13(3,12(17)18)8-15-11(16)10-9(2)6-5-7-14-10/h5-7H,4,8H2,1-3H3,(H,15,16)(H,17,18). The molecule has 0 saturated carbocycles. The molecular formula is C13H18N2O3. The smallest absolute Gasteiger partial charge is 0.311 e. The van der Waals surface area contributed by atoms with Gasteiger partial charge in [0.05, 0.1) is 5.41 Å². The largest absolute Gasteiger partial charge is 0.481 e. The monoisotopic (exact) mass is 250 g/mol. The Morgan fingerprint density at radius 2 is 2.17 bits per heavy atom. The van der Waals surface area contributed by atoms with Crippen LogP contribution in [0.25, 0.3) is 0 Å². The Morgan fingerprint density at radius 3 is 2.67 bits per heavy atom. The van der Waals surface area contributed by atoms with E-state index < -0.39 is 11.4 Å². The van der Waals surface area contributed by atoms with Crippen LogP contribution in [0.5, 0.6) is 0 Å². The summed E-state index contributed by atoms with van der Waals surface area (Å²) in [7, 11) is 0. The quantitative estimate of drug-likeness (QED) is 0.832. The molecule has 1 amide bonds. The van der Waals surface area contributed by atoms with Crippen LogP contribution in [0.4, 0.5) is 0 Å². The number of aryl methyl sites for hydroxylation is 1. The summed E-state index contributed by atoms with van der Waals surface area (Å²) < 4.78 is 0. The van der Waals surface area contributed by atoms with Gasteiger partial charge in [-0.05, 0) is 31.9 Å². The maximum Gasteiger partial charge on any atom is 0.311 e. The maximum atomic E-state index is 11.9. The zero-order chi connectivity index (χ0) is 13.8. The minimum absolute atomic E-state index is 0.0910. The van der Waals surface area contributed by atoms with Gasteiger partial charge in [0.25, 0.3) is 5.91 Å². The molecule has 0 spiro atoms. The van der Waals surface area contributed by atoms with Crippen LogP contribution < -0.4 is 5.32 Å². The fourth-order valence-corrected chi connectivity index (χ4v) is 1.43. The molecule has 18 heavy (non-hydrogen) atoms. The second-order valence-electron chi connectivity index (χ2n) is 4.57. The summed E-state index contributed by atoms with van der Waals surface area (Å²) in [4.78, 5) is 27.0. The summed E-state index contributed by atoms with van der Waals surface area (Å²) in [5, 5.41) is 11.7. The van der Waals surface area contributed by atoms with Crippen LogP contribution in [0, 0.1) is 12.3 Å². The van der Waals surface area contributed by atoms with Crippen molar-refractivity contribution in [2.45, 2.75) is 27.2 Å². The minimum Gasteiger partial charge on any atom is -0.481 e. The Hall–Kier alpha value is -1.91. The van der Waals surface area contributed by atoms with Crippen LogP contribution in [0.15, 0.2) is 18.3 Å². The van der Waals surface area contributed by atoms with E-state index in [-0.39, 0.29) is 12.5 Å². The van der Waals surface area contributed by atoms with Gasteiger partial charge in [0.2, 0.25) is 0 Å². The van der Waals surface area contributed by atoms with Gasteiger partial charge in [-0.3, -0.25) is 14.6 Å². The van der Waals surface area contributed by atoms with Crippen molar-refractivity contribution in [1.29, 1.82) is 0 Å². The molecule has 5 nitrogen and oxygen atoms in total. The van der Waals surface area contributed by atoms with Crippen molar-refractivity contribution in [3.8, 4) is 0 Å². The van der Waals surface area contributed by atoms with Crippen molar-refractivity contribution < 1.29 is 14.7 Å². The number of nitrogens with one attached hydrogen (secondary N) is 1. The van der Waals surface area contributed by atoms with Crippen molar-refractivity contribution in [2.75, 3.05) is 6.54 Å². The number of nitrogens with zero attached hydrogens (tertiary/aromatic N) is 1. The van der Waals surface area contributed by atoms with Crippen LogP contribution in [0.3, 0.4) is 0 Å². The molecule has 1 aromatic heterocycles. The highest BCUT2D eigenvalue weighted by Crippen LogP contribution is 2.20. The van der Waals surface area contributed by atoms with Crippen LogP contribution in [-0.4, -0.2) is 28.5 Å². The number of pyridine rings is 1. The first-order valence-electron chi connectivity index (χ1n) is 5.84. The van der Waals surface area contributed by atoms with Gasteiger partial charge in [-0.25, -0.2) is 0 Å². The van der Waals surface area contributed by atoms with Crippen molar-refractivity contribution in [3.05, 3.63) is 29.6 Å². The van der Waals surface area contributed by atoms with E-state index in [0.717, 1.165) is 5.56 Å². The van der Waals surface area contributed by atoms with Crippen molar-refractivity contribution >= 4 is 11.9 Å². The molecule has 1 rings (SSSR count). The molecule has 0 radical (unpaired) electrons. The van der Waals surface area contributed by atoms with Gasteiger partial charge in [0.1, 0.15) is 5.69 Å². The number of hydrogen-bond donors (Lipinski definition) is 2. The average Bonchev–Trinajstić information content (AvgIpc) is 2.35. The van der Waals surface area contributed by atoms with E-state index >= 15 is 0 Å². The predicted octanol–water partition coefficient (Wildman–Crippen LogP) is 1.62. The number of hydrogen-bond acceptors (Lipinski definition) is 3. The van der Waals surface area contributed by atoms with E-state index in [1.54, 1.807) is 32.9 Å². The van der Waals surface area contributed by atoms with E-state index in [1.807, 2.05) is 0 Å². The lowest BCUT2D eigenvalue weighted by Gasteiger charge is -2.23. The predicted molar refractivity (Wildman–Crippen MR) is 67.3 cm³/mol. The first-order valence-corrected chi connectivity index (χ1v) is 5.84.